The molecule has 10 heteroatoms. The van der Waals surface area contributed by atoms with Gasteiger partial charge in [-0.3, -0.25) is 10.1 Å². The molecule has 0 bridgehead atoms. The third-order valence-corrected chi connectivity index (χ3v) is 2.15. The number of hydrogen-bond acceptors (Lipinski definition) is 7. The molecule has 96 valence electrons. The molecule has 0 aliphatic carbocycles. The number of aliphatic hydroxyl groups excluding tert-OH is 2. The van der Waals surface area contributed by atoms with Crippen molar-refractivity contribution < 1.29 is 15.1 Å². The van der Waals surface area contributed by atoms with Gasteiger partial charge in [-0.1, -0.05) is 5.11 Å². The molecule has 1 rings (SSSR count). The zero-order valence-corrected chi connectivity index (χ0v) is 9.04. The Bertz CT molecular complexity index is 500. The minimum absolute atomic E-state index is 0.0107. The van der Waals surface area contributed by atoms with E-state index < -0.39 is 22.8 Å². The van der Waals surface area contributed by atoms with Crippen LogP contribution in [0.15, 0.2) is 17.4 Å². The molecule has 0 aliphatic heterocycles. The normalized spacial score (nSPS) is 13.4. The van der Waals surface area contributed by atoms with Crippen molar-refractivity contribution in [3.05, 3.63) is 38.4 Å². The third kappa shape index (κ3) is 3.04. The van der Waals surface area contributed by atoms with Gasteiger partial charge in [0, 0.05) is 22.7 Å². The highest BCUT2D eigenvalue weighted by Crippen LogP contribution is 2.25. The van der Waals surface area contributed by atoms with Crippen LogP contribution in [-0.2, 0) is 0 Å². The largest absolute Gasteiger partial charge is 0.390 e. The Morgan fingerprint density at radius 1 is 1.67 bits per heavy atom. The minimum atomic E-state index is -1.46. The fourth-order valence-electron chi connectivity index (χ4n) is 1.23. The van der Waals surface area contributed by atoms with Gasteiger partial charge in [0.15, 0.2) is 0 Å². The molecule has 0 radical (unpaired) electrons. The fourth-order valence-corrected chi connectivity index (χ4v) is 1.23. The maximum Gasteiger partial charge on any atom is 0.311 e. The lowest BCUT2D eigenvalue weighted by Crippen LogP contribution is -2.21. The molecule has 0 amide bonds. The highest BCUT2D eigenvalue weighted by Gasteiger charge is 2.22. The van der Waals surface area contributed by atoms with Crippen molar-refractivity contribution in [1.82, 2.24) is 4.98 Å². The Morgan fingerprint density at radius 3 is 2.89 bits per heavy atom. The summed E-state index contributed by atoms with van der Waals surface area (Å²) in [5.74, 6) is -0.291. The monoisotopic (exact) mass is 254 g/mol. The number of nitro groups is 1. The number of pyridine rings is 1. The van der Waals surface area contributed by atoms with E-state index in [2.05, 4.69) is 15.0 Å². The number of hydrogen-bond donors (Lipinski definition) is 3. The molecule has 0 saturated carbocycles. The van der Waals surface area contributed by atoms with Crippen molar-refractivity contribution in [2.75, 3.05) is 12.3 Å². The Hall–Kier alpha value is -2.42. The smallest absolute Gasteiger partial charge is 0.311 e. The molecule has 0 fully saturated rings. The first-order chi connectivity index (χ1) is 8.47. The predicted molar refractivity (Wildman–Crippen MR) is 60.3 cm³/mol. The van der Waals surface area contributed by atoms with Gasteiger partial charge in [-0.15, -0.1) is 0 Å². The van der Waals surface area contributed by atoms with Crippen LogP contribution in [0, 0.1) is 10.1 Å². The number of anilines is 1. The maximum absolute atomic E-state index is 10.6. The van der Waals surface area contributed by atoms with E-state index in [-0.39, 0.29) is 17.9 Å². The molecular formula is C8H10N6O4. The molecule has 1 aromatic rings. The Balaban J connectivity index is 2.99. The lowest BCUT2D eigenvalue weighted by molar-refractivity contribution is -0.384. The Labute approximate surface area is 100 Å². The number of rotatable bonds is 5. The molecule has 2 atom stereocenters. The summed E-state index contributed by atoms with van der Waals surface area (Å²) < 4.78 is 0. The summed E-state index contributed by atoms with van der Waals surface area (Å²) >= 11 is 0. The zero-order chi connectivity index (χ0) is 13.7. The van der Waals surface area contributed by atoms with Gasteiger partial charge in [0.1, 0.15) is 6.10 Å². The van der Waals surface area contributed by atoms with Crippen LogP contribution >= 0.6 is 0 Å². The van der Waals surface area contributed by atoms with E-state index in [1.54, 1.807) is 0 Å². The Kier molecular flexibility index (Phi) is 4.38. The molecule has 0 spiro atoms. The molecule has 0 aromatic carbocycles. The predicted octanol–water partition coefficient (Wildman–Crippen LogP) is 0.277. The van der Waals surface area contributed by atoms with Gasteiger partial charge in [0.25, 0.3) is 0 Å². The van der Waals surface area contributed by atoms with E-state index in [9.17, 15) is 20.3 Å². The molecule has 18 heavy (non-hydrogen) atoms. The van der Waals surface area contributed by atoms with E-state index in [4.69, 9.17) is 11.3 Å². The number of nitrogen functional groups attached to an aromatic ring is 1. The average Bonchev–Trinajstić information content (AvgIpc) is 2.35. The van der Waals surface area contributed by atoms with Crippen molar-refractivity contribution in [3.63, 3.8) is 0 Å². The lowest BCUT2D eigenvalue weighted by atomic mass is 10.1. The van der Waals surface area contributed by atoms with Crippen LogP contribution in [-0.4, -0.2) is 32.8 Å². The molecule has 1 aromatic heterocycles. The number of aliphatic hydroxyl groups is 2. The number of nitrogens with zero attached hydrogens (tertiary/aromatic N) is 5. The van der Waals surface area contributed by atoms with Crippen LogP contribution in [0.4, 0.5) is 11.5 Å². The Morgan fingerprint density at radius 2 is 2.33 bits per heavy atom. The molecule has 0 aliphatic rings. The summed E-state index contributed by atoms with van der Waals surface area (Å²) in [6, 6.07) is 1.01. The zero-order valence-electron chi connectivity index (χ0n) is 9.04. The standard InChI is InChI=1S/C8H10N6O4/c9-8-5(14(17)18)1-4(2-11-8)7(16)6(15)3-12-13-10/h1-2,6-7,15-16H,3H2,(H2,9,11). The summed E-state index contributed by atoms with van der Waals surface area (Å²) in [5, 5.41) is 32.8. The van der Waals surface area contributed by atoms with Crippen molar-refractivity contribution in [2.45, 2.75) is 12.2 Å². The van der Waals surface area contributed by atoms with Gasteiger partial charge < -0.3 is 15.9 Å². The molecule has 2 unspecified atom stereocenters. The topological polar surface area (TPSA) is 171 Å². The van der Waals surface area contributed by atoms with Gasteiger partial charge in [0.2, 0.25) is 5.82 Å². The molecular weight excluding hydrogens is 244 g/mol. The van der Waals surface area contributed by atoms with Gasteiger partial charge >= 0.3 is 5.69 Å². The summed E-state index contributed by atoms with van der Waals surface area (Å²) in [6.07, 6.45) is -1.74. The first-order valence-electron chi connectivity index (χ1n) is 4.74. The van der Waals surface area contributed by atoms with Crippen LogP contribution in [0.3, 0.4) is 0 Å². The highest BCUT2D eigenvalue weighted by atomic mass is 16.6. The summed E-state index contributed by atoms with van der Waals surface area (Å²) in [7, 11) is 0. The van der Waals surface area contributed by atoms with Gasteiger partial charge in [0.05, 0.1) is 17.6 Å². The number of azide groups is 1. The van der Waals surface area contributed by atoms with Crippen LogP contribution in [0.1, 0.15) is 11.7 Å². The average molecular weight is 254 g/mol. The minimum Gasteiger partial charge on any atom is -0.390 e. The van der Waals surface area contributed by atoms with E-state index in [1.807, 2.05) is 0 Å². The van der Waals surface area contributed by atoms with Crippen LogP contribution in [0.2, 0.25) is 0 Å². The lowest BCUT2D eigenvalue weighted by Gasteiger charge is -2.15. The third-order valence-electron chi connectivity index (χ3n) is 2.15. The quantitative estimate of drug-likeness (QED) is 0.224. The SMILES string of the molecule is [N-]=[N+]=NCC(O)C(O)c1cnc(N)c([N+](=O)[O-])c1. The van der Waals surface area contributed by atoms with E-state index in [0.717, 1.165) is 12.3 Å². The summed E-state index contributed by atoms with van der Waals surface area (Å²) in [5.41, 5.74) is 12.9. The summed E-state index contributed by atoms with van der Waals surface area (Å²) in [6.45, 7) is -0.365. The second-order valence-electron chi connectivity index (χ2n) is 3.36. The number of nitrogens with two attached hydrogens (primary N) is 1. The van der Waals surface area contributed by atoms with Crippen molar-refractivity contribution in [1.29, 1.82) is 0 Å². The number of aromatic nitrogens is 1. The second kappa shape index (κ2) is 5.77. The molecule has 10 nitrogen and oxygen atoms in total. The van der Waals surface area contributed by atoms with Crippen LogP contribution < -0.4 is 5.73 Å². The maximum atomic E-state index is 10.6. The first-order valence-corrected chi connectivity index (χ1v) is 4.74. The highest BCUT2D eigenvalue weighted by molar-refractivity contribution is 5.53. The summed E-state index contributed by atoms with van der Waals surface area (Å²) in [4.78, 5) is 15.8. The van der Waals surface area contributed by atoms with Crippen molar-refractivity contribution in [2.24, 2.45) is 5.11 Å². The van der Waals surface area contributed by atoms with Gasteiger partial charge in [-0.25, -0.2) is 4.98 Å². The second-order valence-corrected chi connectivity index (χ2v) is 3.36. The van der Waals surface area contributed by atoms with Crippen LogP contribution in [0.25, 0.3) is 10.4 Å². The van der Waals surface area contributed by atoms with Crippen molar-refractivity contribution in [3.8, 4) is 0 Å². The molecule has 4 N–H and O–H groups in total. The fraction of sp³-hybridized carbons (Fsp3) is 0.375. The molecule has 1 heterocycles. The van der Waals surface area contributed by atoms with E-state index in [1.165, 1.54) is 0 Å². The first kappa shape index (κ1) is 13.6. The van der Waals surface area contributed by atoms with Crippen LogP contribution in [0.5, 0.6) is 0 Å². The van der Waals surface area contributed by atoms with E-state index in [0.29, 0.717) is 0 Å². The van der Waals surface area contributed by atoms with Gasteiger partial charge in [-0.2, -0.15) is 0 Å². The van der Waals surface area contributed by atoms with Crippen molar-refractivity contribution >= 4 is 11.5 Å². The molecule has 0 saturated heterocycles. The van der Waals surface area contributed by atoms with E-state index >= 15 is 0 Å². The van der Waals surface area contributed by atoms with Gasteiger partial charge in [-0.05, 0) is 5.53 Å².